The van der Waals surface area contributed by atoms with E-state index in [-0.39, 0.29) is 24.9 Å². The molecule has 140 valence electrons. The molecule has 0 saturated heterocycles. The van der Waals surface area contributed by atoms with Crippen molar-refractivity contribution < 1.29 is 14.3 Å². The van der Waals surface area contributed by atoms with Crippen LogP contribution in [0.15, 0.2) is 54.7 Å². The van der Waals surface area contributed by atoms with Crippen LogP contribution in [0, 0.1) is 0 Å². The van der Waals surface area contributed by atoms with Crippen LogP contribution in [0.25, 0.3) is 10.9 Å². The molecule has 27 heavy (non-hydrogen) atoms. The zero-order chi connectivity index (χ0) is 19.1. The highest BCUT2D eigenvalue weighted by Gasteiger charge is 2.09. The number of carbonyl (C=O) groups excluding carboxylic acids is 2. The van der Waals surface area contributed by atoms with Crippen molar-refractivity contribution >= 4 is 28.5 Å². The van der Waals surface area contributed by atoms with E-state index in [4.69, 9.17) is 4.74 Å². The highest BCUT2D eigenvalue weighted by Crippen LogP contribution is 2.19. The predicted octanol–water partition coefficient (Wildman–Crippen LogP) is 4.23. The van der Waals surface area contributed by atoms with Gasteiger partial charge in [0.1, 0.15) is 0 Å². The normalized spacial score (nSPS) is 10.7. The Morgan fingerprint density at radius 2 is 1.85 bits per heavy atom. The molecule has 1 heterocycles. The maximum atomic E-state index is 11.9. The molecule has 2 aromatic carbocycles. The molecular weight excluding hydrogens is 340 g/mol. The van der Waals surface area contributed by atoms with Crippen molar-refractivity contribution in [3.05, 3.63) is 65.9 Å². The first-order valence-corrected chi connectivity index (χ1v) is 9.25. The molecular formula is C22H24N2O3. The fourth-order valence-electron chi connectivity index (χ4n) is 3.00. The Morgan fingerprint density at radius 1 is 1.07 bits per heavy atom. The van der Waals surface area contributed by atoms with Gasteiger partial charge in [0.2, 0.25) is 0 Å². The van der Waals surface area contributed by atoms with Crippen LogP contribution in [-0.2, 0) is 27.2 Å². The lowest BCUT2D eigenvalue weighted by atomic mass is 10.1. The summed E-state index contributed by atoms with van der Waals surface area (Å²) < 4.78 is 5.07. The molecule has 1 aromatic heterocycles. The van der Waals surface area contributed by atoms with Gasteiger partial charge in [0.25, 0.3) is 5.91 Å². The summed E-state index contributed by atoms with van der Waals surface area (Å²) in [6.07, 6.45) is 4.69. The van der Waals surface area contributed by atoms with E-state index in [1.807, 2.05) is 48.7 Å². The van der Waals surface area contributed by atoms with Gasteiger partial charge in [-0.25, -0.2) is 0 Å². The molecule has 0 fully saturated rings. The second-order valence-corrected chi connectivity index (χ2v) is 6.47. The van der Waals surface area contributed by atoms with E-state index in [1.165, 1.54) is 16.5 Å². The monoisotopic (exact) mass is 364 g/mol. The van der Waals surface area contributed by atoms with Gasteiger partial charge in [-0.05, 0) is 48.6 Å². The van der Waals surface area contributed by atoms with E-state index in [0.29, 0.717) is 12.1 Å². The van der Waals surface area contributed by atoms with Crippen LogP contribution in [0.3, 0.4) is 0 Å². The van der Waals surface area contributed by atoms with Crippen molar-refractivity contribution in [2.45, 2.75) is 32.6 Å². The number of aromatic nitrogens is 1. The van der Waals surface area contributed by atoms with Gasteiger partial charge in [-0.2, -0.15) is 0 Å². The molecule has 3 rings (SSSR count). The van der Waals surface area contributed by atoms with Gasteiger partial charge in [-0.3, -0.25) is 9.59 Å². The van der Waals surface area contributed by atoms with E-state index in [2.05, 4.69) is 23.3 Å². The standard InChI is InChI=1S/C22H24N2O3/c1-2-16-10-12-18(13-11-16)24-21(25)15-27-22(26)9-5-6-17-14-23-20-8-4-3-7-19(17)20/h3-4,7-8,10-14,23H,2,5-6,9,15H2,1H3,(H,24,25). The zero-order valence-electron chi connectivity index (χ0n) is 15.5. The SMILES string of the molecule is CCc1ccc(NC(=O)COC(=O)CCCc2c[nH]c3ccccc23)cc1. The van der Waals surface area contributed by atoms with E-state index in [0.717, 1.165) is 18.4 Å². The average molecular weight is 364 g/mol. The molecule has 0 aliphatic heterocycles. The smallest absolute Gasteiger partial charge is 0.306 e. The molecule has 1 amide bonds. The minimum Gasteiger partial charge on any atom is -0.456 e. The lowest BCUT2D eigenvalue weighted by Gasteiger charge is -2.07. The molecule has 5 heteroatoms. The van der Waals surface area contributed by atoms with Gasteiger partial charge in [-0.15, -0.1) is 0 Å². The molecule has 0 aliphatic carbocycles. The molecule has 2 N–H and O–H groups in total. The van der Waals surface area contributed by atoms with Crippen LogP contribution in [0.4, 0.5) is 5.69 Å². The number of ether oxygens (including phenoxy) is 1. The second-order valence-electron chi connectivity index (χ2n) is 6.47. The Morgan fingerprint density at radius 3 is 2.63 bits per heavy atom. The van der Waals surface area contributed by atoms with Crippen LogP contribution < -0.4 is 5.32 Å². The number of hydrogen-bond donors (Lipinski definition) is 2. The third kappa shape index (κ3) is 5.20. The van der Waals surface area contributed by atoms with Crippen molar-refractivity contribution in [3.8, 4) is 0 Å². The number of esters is 1. The summed E-state index contributed by atoms with van der Waals surface area (Å²) in [6.45, 7) is 1.81. The minimum absolute atomic E-state index is 0.262. The van der Waals surface area contributed by atoms with Gasteiger partial charge in [0, 0.05) is 29.2 Å². The predicted molar refractivity (Wildman–Crippen MR) is 107 cm³/mol. The van der Waals surface area contributed by atoms with Gasteiger partial charge >= 0.3 is 5.97 Å². The lowest BCUT2D eigenvalue weighted by molar-refractivity contribution is -0.147. The van der Waals surface area contributed by atoms with Gasteiger partial charge in [0.15, 0.2) is 6.61 Å². The van der Waals surface area contributed by atoms with Gasteiger partial charge in [-0.1, -0.05) is 37.3 Å². The fraction of sp³-hybridized carbons (Fsp3) is 0.273. The first kappa shape index (κ1) is 18.7. The Hall–Kier alpha value is -3.08. The van der Waals surface area contributed by atoms with Crippen LogP contribution in [0.1, 0.15) is 30.9 Å². The third-order valence-corrected chi connectivity index (χ3v) is 4.51. The van der Waals surface area contributed by atoms with Gasteiger partial charge in [0.05, 0.1) is 0 Å². The number of amides is 1. The number of nitrogens with one attached hydrogen (secondary N) is 2. The molecule has 0 bridgehead atoms. The van der Waals surface area contributed by atoms with Crippen molar-refractivity contribution in [3.63, 3.8) is 0 Å². The maximum Gasteiger partial charge on any atom is 0.306 e. The van der Waals surface area contributed by atoms with Crippen molar-refractivity contribution in [2.24, 2.45) is 0 Å². The summed E-state index contributed by atoms with van der Waals surface area (Å²) >= 11 is 0. The molecule has 0 atom stereocenters. The summed E-state index contributed by atoms with van der Waals surface area (Å²) in [5, 5.41) is 3.91. The Kier molecular flexibility index (Phi) is 6.26. The van der Waals surface area contributed by atoms with E-state index in [1.54, 1.807) is 0 Å². The Balaban J connectivity index is 1.38. The lowest BCUT2D eigenvalue weighted by Crippen LogP contribution is -2.20. The quantitative estimate of drug-likeness (QED) is 0.588. The molecule has 0 saturated carbocycles. The van der Waals surface area contributed by atoms with Crippen LogP contribution >= 0.6 is 0 Å². The molecule has 3 aromatic rings. The number of aromatic amines is 1. The number of carbonyl (C=O) groups is 2. The van der Waals surface area contributed by atoms with Gasteiger partial charge < -0.3 is 15.0 Å². The summed E-state index contributed by atoms with van der Waals surface area (Å²) in [6, 6.07) is 15.7. The molecule has 0 radical (unpaired) electrons. The highest BCUT2D eigenvalue weighted by atomic mass is 16.5. The van der Waals surface area contributed by atoms with E-state index >= 15 is 0 Å². The second kappa shape index (κ2) is 9.03. The number of anilines is 1. The number of para-hydroxylation sites is 1. The summed E-state index contributed by atoms with van der Waals surface area (Å²) in [5.41, 5.74) is 4.19. The van der Waals surface area contributed by atoms with Crippen LogP contribution in [0.2, 0.25) is 0 Å². The topological polar surface area (TPSA) is 71.2 Å². The minimum atomic E-state index is -0.355. The number of fused-ring (bicyclic) bond motifs is 1. The zero-order valence-corrected chi connectivity index (χ0v) is 15.5. The summed E-state index contributed by atoms with van der Waals surface area (Å²) in [5.74, 6) is -0.685. The first-order chi connectivity index (χ1) is 13.2. The van der Waals surface area contributed by atoms with Crippen molar-refractivity contribution in [2.75, 3.05) is 11.9 Å². The Labute approximate surface area is 158 Å². The number of H-pyrrole nitrogens is 1. The molecule has 0 unspecified atom stereocenters. The first-order valence-electron chi connectivity index (χ1n) is 9.25. The van der Waals surface area contributed by atoms with E-state index in [9.17, 15) is 9.59 Å². The third-order valence-electron chi connectivity index (χ3n) is 4.51. The van der Waals surface area contributed by atoms with Crippen LogP contribution in [0.5, 0.6) is 0 Å². The molecule has 0 spiro atoms. The maximum absolute atomic E-state index is 11.9. The van der Waals surface area contributed by atoms with Crippen molar-refractivity contribution in [1.29, 1.82) is 0 Å². The van der Waals surface area contributed by atoms with Crippen LogP contribution in [-0.4, -0.2) is 23.5 Å². The number of hydrogen-bond acceptors (Lipinski definition) is 3. The number of aryl methyl sites for hydroxylation is 2. The summed E-state index contributed by atoms with van der Waals surface area (Å²) in [7, 11) is 0. The number of benzene rings is 2. The fourth-order valence-corrected chi connectivity index (χ4v) is 3.00. The number of rotatable bonds is 8. The molecule has 5 nitrogen and oxygen atoms in total. The largest absolute Gasteiger partial charge is 0.456 e. The van der Waals surface area contributed by atoms with E-state index < -0.39 is 0 Å². The highest BCUT2D eigenvalue weighted by molar-refractivity contribution is 5.92. The summed E-state index contributed by atoms with van der Waals surface area (Å²) in [4.78, 5) is 27.0. The average Bonchev–Trinajstić information content (AvgIpc) is 3.10. The van der Waals surface area contributed by atoms with Crippen molar-refractivity contribution in [1.82, 2.24) is 4.98 Å². The Bertz CT molecular complexity index is 913. The molecule has 0 aliphatic rings.